The molecule has 146 valence electrons. The summed E-state index contributed by atoms with van der Waals surface area (Å²) in [4.78, 5) is 16.3. The highest BCUT2D eigenvalue weighted by molar-refractivity contribution is 6.30. The van der Waals surface area contributed by atoms with Crippen LogP contribution in [0.3, 0.4) is 0 Å². The summed E-state index contributed by atoms with van der Waals surface area (Å²) < 4.78 is 8.04. The highest BCUT2D eigenvalue weighted by Gasteiger charge is 2.10. The Hall–Kier alpha value is -2.79. The molecule has 0 bridgehead atoms. The number of nitrogens with one attached hydrogen (secondary N) is 1. The van der Waals surface area contributed by atoms with Gasteiger partial charge in [0, 0.05) is 18.0 Å². The molecule has 5 nitrogen and oxygen atoms in total. The minimum absolute atomic E-state index is 0.0626. The Morgan fingerprint density at radius 3 is 2.79 bits per heavy atom. The summed E-state index contributed by atoms with van der Waals surface area (Å²) in [6, 6.07) is 15.5. The van der Waals surface area contributed by atoms with Gasteiger partial charge in [-0.2, -0.15) is 0 Å². The highest BCUT2D eigenvalue weighted by atomic mass is 35.5. The summed E-state index contributed by atoms with van der Waals surface area (Å²) >= 11 is 5.91. The lowest BCUT2D eigenvalue weighted by atomic mass is 10.3. The largest absolute Gasteiger partial charge is 0.492 e. The summed E-state index contributed by atoms with van der Waals surface area (Å²) in [6.07, 6.45) is 4.87. The molecule has 1 amide bonds. The molecule has 0 saturated carbocycles. The van der Waals surface area contributed by atoms with E-state index < -0.39 is 0 Å². The number of aryl methyl sites for hydroxylation is 1. The van der Waals surface area contributed by atoms with E-state index >= 15 is 0 Å². The third-order valence-corrected chi connectivity index (χ3v) is 4.58. The van der Waals surface area contributed by atoms with E-state index in [-0.39, 0.29) is 5.91 Å². The number of halogens is 1. The van der Waals surface area contributed by atoms with Crippen molar-refractivity contribution >= 4 is 28.5 Å². The van der Waals surface area contributed by atoms with Crippen LogP contribution >= 0.6 is 11.6 Å². The normalized spacial score (nSPS) is 11.2. The molecule has 28 heavy (non-hydrogen) atoms. The van der Waals surface area contributed by atoms with E-state index in [4.69, 9.17) is 21.3 Å². The molecule has 3 aromatic rings. The SMILES string of the molecule is C/C=C\C(=O)NCCCc1nc2ccccc2n1CCOc1ccc(Cl)cc1. The molecule has 0 aliphatic rings. The smallest absolute Gasteiger partial charge is 0.243 e. The van der Waals surface area contributed by atoms with Gasteiger partial charge >= 0.3 is 0 Å². The van der Waals surface area contributed by atoms with Gasteiger partial charge in [-0.05, 0) is 55.8 Å². The Labute approximate surface area is 170 Å². The van der Waals surface area contributed by atoms with Crippen molar-refractivity contribution in [1.29, 1.82) is 0 Å². The predicted molar refractivity (Wildman–Crippen MR) is 113 cm³/mol. The second-order valence-corrected chi connectivity index (χ2v) is 6.80. The van der Waals surface area contributed by atoms with Crippen molar-refractivity contribution in [3.8, 4) is 5.75 Å². The van der Waals surface area contributed by atoms with Crippen molar-refractivity contribution in [3.63, 3.8) is 0 Å². The Balaban J connectivity index is 1.63. The number of hydrogen-bond donors (Lipinski definition) is 1. The van der Waals surface area contributed by atoms with Crippen molar-refractivity contribution in [2.75, 3.05) is 13.2 Å². The van der Waals surface area contributed by atoms with Crippen LogP contribution in [0, 0.1) is 0 Å². The van der Waals surface area contributed by atoms with Crippen molar-refractivity contribution < 1.29 is 9.53 Å². The molecular weight excluding hydrogens is 374 g/mol. The number of benzene rings is 2. The lowest BCUT2D eigenvalue weighted by Crippen LogP contribution is -2.23. The third kappa shape index (κ3) is 5.36. The summed E-state index contributed by atoms with van der Waals surface area (Å²) in [7, 11) is 0. The molecule has 0 aliphatic heterocycles. The average Bonchev–Trinajstić information content (AvgIpc) is 3.05. The second kappa shape index (κ2) is 9.95. The highest BCUT2D eigenvalue weighted by Crippen LogP contribution is 2.18. The average molecular weight is 398 g/mol. The standard InChI is InChI=1S/C22H24ClN3O2/c1-2-6-22(27)24-14-5-9-21-25-19-7-3-4-8-20(19)26(21)15-16-28-18-12-10-17(23)11-13-18/h2-4,6-8,10-13H,5,9,14-16H2,1H3,(H,24,27)/b6-2-. The summed E-state index contributed by atoms with van der Waals surface area (Å²) in [5.74, 6) is 1.73. The number of nitrogens with zero attached hydrogens (tertiary/aromatic N) is 2. The maximum absolute atomic E-state index is 11.5. The molecule has 0 unspecified atom stereocenters. The van der Waals surface area contributed by atoms with Crippen LogP contribution in [0.4, 0.5) is 0 Å². The van der Waals surface area contributed by atoms with Crippen LogP contribution in [-0.4, -0.2) is 28.6 Å². The lowest BCUT2D eigenvalue weighted by molar-refractivity contribution is -0.116. The molecule has 1 N–H and O–H groups in total. The summed E-state index contributed by atoms with van der Waals surface area (Å²) in [5.41, 5.74) is 2.07. The molecule has 3 rings (SSSR count). The maximum Gasteiger partial charge on any atom is 0.243 e. The number of carbonyl (C=O) groups excluding carboxylic acids is 1. The molecule has 0 saturated heterocycles. The quantitative estimate of drug-likeness (QED) is 0.430. The van der Waals surface area contributed by atoms with Crippen LogP contribution in [-0.2, 0) is 17.8 Å². The van der Waals surface area contributed by atoms with Gasteiger partial charge in [-0.25, -0.2) is 4.98 Å². The Kier molecular flexibility index (Phi) is 7.09. The van der Waals surface area contributed by atoms with Gasteiger partial charge in [-0.15, -0.1) is 0 Å². The number of allylic oxidation sites excluding steroid dienone is 1. The minimum Gasteiger partial charge on any atom is -0.492 e. The van der Waals surface area contributed by atoms with Crippen molar-refractivity contribution in [2.45, 2.75) is 26.3 Å². The Morgan fingerprint density at radius 1 is 1.21 bits per heavy atom. The number of fused-ring (bicyclic) bond motifs is 1. The second-order valence-electron chi connectivity index (χ2n) is 6.37. The molecule has 0 atom stereocenters. The van der Waals surface area contributed by atoms with E-state index in [2.05, 4.69) is 16.0 Å². The monoisotopic (exact) mass is 397 g/mol. The first-order chi connectivity index (χ1) is 13.7. The van der Waals surface area contributed by atoms with Gasteiger partial charge in [0.05, 0.1) is 17.6 Å². The number of carbonyl (C=O) groups is 1. The molecule has 0 fully saturated rings. The summed E-state index contributed by atoms with van der Waals surface area (Å²) in [6.45, 7) is 3.68. The van der Waals surface area contributed by atoms with E-state index in [1.807, 2.05) is 49.4 Å². The first-order valence-electron chi connectivity index (χ1n) is 9.40. The minimum atomic E-state index is -0.0626. The first kappa shape index (κ1) is 20.0. The van der Waals surface area contributed by atoms with E-state index in [0.717, 1.165) is 35.4 Å². The van der Waals surface area contributed by atoms with Gasteiger partial charge in [0.25, 0.3) is 0 Å². The van der Waals surface area contributed by atoms with Gasteiger partial charge in [0.15, 0.2) is 0 Å². The number of aromatic nitrogens is 2. The molecule has 0 aliphatic carbocycles. The van der Waals surface area contributed by atoms with E-state index in [1.165, 1.54) is 6.08 Å². The number of imidazole rings is 1. The zero-order valence-electron chi connectivity index (χ0n) is 15.9. The molecular formula is C22H24ClN3O2. The molecule has 1 aromatic heterocycles. The van der Waals surface area contributed by atoms with Crippen molar-refractivity contribution in [3.05, 3.63) is 71.5 Å². The topological polar surface area (TPSA) is 56.2 Å². The fourth-order valence-corrected chi connectivity index (χ4v) is 3.15. The first-order valence-corrected chi connectivity index (χ1v) is 9.78. The zero-order chi connectivity index (χ0) is 19.8. The molecule has 1 heterocycles. The van der Waals surface area contributed by atoms with Crippen LogP contribution < -0.4 is 10.1 Å². The molecule has 0 radical (unpaired) electrons. The number of amides is 1. The van der Waals surface area contributed by atoms with Gasteiger partial charge in [-0.3, -0.25) is 4.79 Å². The third-order valence-electron chi connectivity index (χ3n) is 4.33. The van der Waals surface area contributed by atoms with E-state index in [9.17, 15) is 4.79 Å². The van der Waals surface area contributed by atoms with E-state index in [0.29, 0.717) is 24.7 Å². The van der Waals surface area contributed by atoms with Crippen LogP contribution in [0.25, 0.3) is 11.0 Å². The number of hydrogen-bond acceptors (Lipinski definition) is 3. The number of rotatable bonds is 9. The predicted octanol–water partition coefficient (Wildman–Crippen LogP) is 4.39. The molecule has 0 spiro atoms. The van der Waals surface area contributed by atoms with Gasteiger partial charge in [0.2, 0.25) is 5.91 Å². The van der Waals surface area contributed by atoms with Gasteiger partial charge in [0.1, 0.15) is 18.2 Å². The van der Waals surface area contributed by atoms with Crippen LogP contribution in [0.15, 0.2) is 60.7 Å². The Bertz CT molecular complexity index is 948. The fourth-order valence-electron chi connectivity index (χ4n) is 3.02. The zero-order valence-corrected chi connectivity index (χ0v) is 16.7. The van der Waals surface area contributed by atoms with Crippen molar-refractivity contribution in [2.24, 2.45) is 0 Å². The molecule has 2 aromatic carbocycles. The fraction of sp³-hybridized carbons (Fsp3) is 0.273. The van der Waals surface area contributed by atoms with E-state index in [1.54, 1.807) is 6.08 Å². The van der Waals surface area contributed by atoms with Crippen LogP contribution in [0.1, 0.15) is 19.2 Å². The number of para-hydroxylation sites is 2. The lowest BCUT2D eigenvalue weighted by Gasteiger charge is -2.11. The van der Waals surface area contributed by atoms with Crippen LogP contribution in [0.5, 0.6) is 5.75 Å². The summed E-state index contributed by atoms with van der Waals surface area (Å²) in [5, 5.41) is 3.57. The Morgan fingerprint density at radius 2 is 2.00 bits per heavy atom. The van der Waals surface area contributed by atoms with Gasteiger partial charge in [-0.1, -0.05) is 29.8 Å². The maximum atomic E-state index is 11.5. The molecule has 6 heteroatoms. The number of ether oxygens (including phenoxy) is 1. The van der Waals surface area contributed by atoms with Crippen LogP contribution in [0.2, 0.25) is 5.02 Å². The van der Waals surface area contributed by atoms with Crippen molar-refractivity contribution in [1.82, 2.24) is 14.9 Å². The van der Waals surface area contributed by atoms with Gasteiger partial charge < -0.3 is 14.6 Å².